The summed E-state index contributed by atoms with van der Waals surface area (Å²) >= 11 is 1.89. The summed E-state index contributed by atoms with van der Waals surface area (Å²) in [7, 11) is 2.08. The maximum absolute atomic E-state index is 3.50. The van der Waals surface area contributed by atoms with Crippen LogP contribution in [0.2, 0.25) is 0 Å². The highest BCUT2D eigenvalue weighted by atomic mass is 32.1. The van der Waals surface area contributed by atoms with Crippen LogP contribution < -0.4 is 10.6 Å². The summed E-state index contributed by atoms with van der Waals surface area (Å²) in [5.74, 6) is 0.751. The molecular formula is C12H20N2S. The molecule has 2 rings (SSSR count). The molecule has 15 heavy (non-hydrogen) atoms. The quantitative estimate of drug-likeness (QED) is 0.823. The normalized spacial score (nSPS) is 24.0. The zero-order valence-electron chi connectivity index (χ0n) is 9.55. The molecular weight excluding hydrogens is 204 g/mol. The molecule has 1 aliphatic rings. The smallest absolute Gasteiger partial charge is 0.0455 e. The summed E-state index contributed by atoms with van der Waals surface area (Å²) < 4.78 is 0. The molecule has 0 amide bonds. The molecule has 1 aromatic heterocycles. The van der Waals surface area contributed by atoms with Gasteiger partial charge in [0.2, 0.25) is 0 Å². The van der Waals surface area contributed by atoms with E-state index in [1.807, 2.05) is 11.3 Å². The monoisotopic (exact) mass is 224 g/mol. The van der Waals surface area contributed by atoms with Crippen molar-refractivity contribution in [3.8, 4) is 0 Å². The van der Waals surface area contributed by atoms with Crippen molar-refractivity contribution in [2.75, 3.05) is 20.1 Å². The van der Waals surface area contributed by atoms with E-state index in [-0.39, 0.29) is 0 Å². The van der Waals surface area contributed by atoms with Crippen molar-refractivity contribution >= 4 is 11.3 Å². The lowest BCUT2D eigenvalue weighted by molar-refractivity contribution is 0.301. The minimum Gasteiger partial charge on any atom is -0.316 e. The third-order valence-electron chi connectivity index (χ3n) is 3.30. The molecule has 1 fully saturated rings. The SMILES string of the molecule is CNC(c1sccc1C)C1CCCNC1. The molecule has 1 aliphatic heterocycles. The van der Waals surface area contributed by atoms with Gasteiger partial charge in [0.25, 0.3) is 0 Å². The van der Waals surface area contributed by atoms with Crippen LogP contribution in [-0.4, -0.2) is 20.1 Å². The van der Waals surface area contributed by atoms with Gasteiger partial charge in [0, 0.05) is 10.9 Å². The highest BCUT2D eigenvalue weighted by Gasteiger charge is 2.25. The van der Waals surface area contributed by atoms with Crippen molar-refractivity contribution in [3.05, 3.63) is 21.9 Å². The number of rotatable bonds is 3. The first-order chi connectivity index (χ1) is 7.33. The molecule has 0 aromatic carbocycles. The van der Waals surface area contributed by atoms with Gasteiger partial charge in [-0.15, -0.1) is 11.3 Å². The van der Waals surface area contributed by atoms with Crippen molar-refractivity contribution in [2.24, 2.45) is 5.92 Å². The van der Waals surface area contributed by atoms with E-state index in [2.05, 4.69) is 36.1 Å². The van der Waals surface area contributed by atoms with E-state index in [0.29, 0.717) is 6.04 Å². The first kappa shape index (κ1) is 11.1. The minimum atomic E-state index is 0.540. The van der Waals surface area contributed by atoms with Crippen molar-refractivity contribution < 1.29 is 0 Å². The maximum atomic E-state index is 3.50. The number of aryl methyl sites for hydroxylation is 1. The Kier molecular flexibility index (Phi) is 3.78. The van der Waals surface area contributed by atoms with Crippen molar-refractivity contribution in [1.82, 2.24) is 10.6 Å². The average Bonchev–Trinajstić information content (AvgIpc) is 2.68. The van der Waals surface area contributed by atoms with Crippen LogP contribution in [0.15, 0.2) is 11.4 Å². The lowest BCUT2D eigenvalue weighted by atomic mass is 9.90. The Morgan fingerprint density at radius 1 is 1.60 bits per heavy atom. The number of piperidine rings is 1. The third kappa shape index (κ3) is 2.41. The Hall–Kier alpha value is -0.380. The Bertz CT molecular complexity index is 302. The molecule has 1 saturated heterocycles. The largest absolute Gasteiger partial charge is 0.316 e. The molecule has 2 nitrogen and oxygen atoms in total. The molecule has 0 saturated carbocycles. The Morgan fingerprint density at radius 3 is 3.00 bits per heavy atom. The van der Waals surface area contributed by atoms with Gasteiger partial charge in [0.15, 0.2) is 0 Å². The van der Waals surface area contributed by atoms with Crippen LogP contribution in [0.5, 0.6) is 0 Å². The minimum absolute atomic E-state index is 0.540. The molecule has 1 aromatic rings. The summed E-state index contributed by atoms with van der Waals surface area (Å²) in [4.78, 5) is 1.52. The second-order valence-electron chi connectivity index (χ2n) is 4.34. The molecule has 2 heterocycles. The molecule has 0 radical (unpaired) electrons. The predicted molar refractivity (Wildman–Crippen MR) is 66.5 cm³/mol. The van der Waals surface area contributed by atoms with E-state index in [4.69, 9.17) is 0 Å². The van der Waals surface area contributed by atoms with E-state index in [0.717, 1.165) is 12.5 Å². The molecule has 2 unspecified atom stereocenters. The van der Waals surface area contributed by atoms with Crippen LogP contribution in [0.1, 0.15) is 29.3 Å². The van der Waals surface area contributed by atoms with Crippen LogP contribution in [0.4, 0.5) is 0 Å². The van der Waals surface area contributed by atoms with E-state index < -0.39 is 0 Å². The van der Waals surface area contributed by atoms with Gasteiger partial charge in [-0.1, -0.05) is 0 Å². The first-order valence-corrected chi connectivity index (χ1v) is 6.63. The van der Waals surface area contributed by atoms with Crippen LogP contribution in [-0.2, 0) is 0 Å². The summed E-state index contributed by atoms with van der Waals surface area (Å²) in [6, 6.07) is 2.76. The maximum Gasteiger partial charge on any atom is 0.0455 e. The van der Waals surface area contributed by atoms with E-state index in [9.17, 15) is 0 Å². The summed E-state index contributed by atoms with van der Waals surface area (Å²) in [5, 5.41) is 9.18. The summed E-state index contributed by atoms with van der Waals surface area (Å²) in [6.45, 7) is 4.56. The van der Waals surface area contributed by atoms with Crippen LogP contribution >= 0.6 is 11.3 Å². The average molecular weight is 224 g/mol. The van der Waals surface area contributed by atoms with Crippen molar-refractivity contribution in [3.63, 3.8) is 0 Å². The number of thiophene rings is 1. The molecule has 2 atom stereocenters. The second-order valence-corrected chi connectivity index (χ2v) is 5.29. The molecule has 0 aliphatic carbocycles. The van der Waals surface area contributed by atoms with Gasteiger partial charge in [-0.2, -0.15) is 0 Å². The van der Waals surface area contributed by atoms with Crippen molar-refractivity contribution in [2.45, 2.75) is 25.8 Å². The Labute approximate surface area is 96.1 Å². The van der Waals surface area contributed by atoms with Gasteiger partial charge in [0.1, 0.15) is 0 Å². The zero-order valence-corrected chi connectivity index (χ0v) is 10.4. The van der Waals surface area contributed by atoms with E-state index in [1.54, 1.807) is 0 Å². The Balaban J connectivity index is 2.12. The van der Waals surface area contributed by atoms with Gasteiger partial charge < -0.3 is 10.6 Å². The Morgan fingerprint density at radius 2 is 2.47 bits per heavy atom. The van der Waals surface area contributed by atoms with Crippen LogP contribution in [0.3, 0.4) is 0 Å². The molecule has 2 N–H and O–H groups in total. The molecule has 3 heteroatoms. The van der Waals surface area contributed by atoms with Crippen LogP contribution in [0.25, 0.3) is 0 Å². The van der Waals surface area contributed by atoms with Gasteiger partial charge >= 0.3 is 0 Å². The molecule has 0 bridgehead atoms. The lowest BCUT2D eigenvalue weighted by Gasteiger charge is -2.30. The number of hydrogen-bond donors (Lipinski definition) is 2. The highest BCUT2D eigenvalue weighted by molar-refractivity contribution is 7.10. The summed E-state index contributed by atoms with van der Waals surface area (Å²) in [6.07, 6.45) is 2.66. The summed E-state index contributed by atoms with van der Waals surface area (Å²) in [5.41, 5.74) is 1.44. The first-order valence-electron chi connectivity index (χ1n) is 5.75. The third-order valence-corrected chi connectivity index (χ3v) is 4.40. The topological polar surface area (TPSA) is 24.1 Å². The highest BCUT2D eigenvalue weighted by Crippen LogP contribution is 2.32. The predicted octanol–water partition coefficient (Wildman–Crippen LogP) is 2.32. The van der Waals surface area contributed by atoms with Crippen molar-refractivity contribution in [1.29, 1.82) is 0 Å². The molecule has 0 spiro atoms. The van der Waals surface area contributed by atoms with Crippen LogP contribution in [0, 0.1) is 12.8 Å². The van der Waals surface area contributed by atoms with Gasteiger partial charge in [-0.05, 0) is 62.8 Å². The standard InChI is InChI=1S/C12H20N2S/c1-9-5-7-15-12(9)11(13-2)10-4-3-6-14-8-10/h5,7,10-11,13-14H,3-4,6,8H2,1-2H3. The van der Waals surface area contributed by atoms with Gasteiger partial charge in [0.05, 0.1) is 0 Å². The van der Waals surface area contributed by atoms with Gasteiger partial charge in [-0.25, -0.2) is 0 Å². The van der Waals surface area contributed by atoms with Gasteiger partial charge in [-0.3, -0.25) is 0 Å². The lowest BCUT2D eigenvalue weighted by Crippen LogP contribution is -2.37. The fraction of sp³-hybridized carbons (Fsp3) is 0.667. The van der Waals surface area contributed by atoms with E-state index >= 15 is 0 Å². The second kappa shape index (κ2) is 5.10. The zero-order chi connectivity index (χ0) is 10.7. The fourth-order valence-electron chi connectivity index (χ4n) is 2.45. The number of nitrogens with one attached hydrogen (secondary N) is 2. The molecule has 84 valence electrons. The number of hydrogen-bond acceptors (Lipinski definition) is 3. The fourth-order valence-corrected chi connectivity index (χ4v) is 3.58. The van der Waals surface area contributed by atoms with E-state index in [1.165, 1.54) is 29.8 Å².